The lowest BCUT2D eigenvalue weighted by molar-refractivity contribution is -0.111. The van der Waals surface area contributed by atoms with Gasteiger partial charge in [0.15, 0.2) is 0 Å². The van der Waals surface area contributed by atoms with E-state index in [1.165, 1.54) is 38.5 Å². The molecule has 0 aromatic heterocycles. The number of carbonyl (C=O) groups is 1. The van der Waals surface area contributed by atoms with E-state index in [0.29, 0.717) is 0 Å². The van der Waals surface area contributed by atoms with Gasteiger partial charge in [0.05, 0.1) is 0 Å². The summed E-state index contributed by atoms with van der Waals surface area (Å²) in [6.45, 7) is 3.68. The number of allylic oxidation sites excluding steroid dienone is 1. The first-order chi connectivity index (χ1) is 6.86. The molecule has 1 rings (SSSR count). The summed E-state index contributed by atoms with van der Waals surface area (Å²) in [6.07, 6.45) is 13.1. The molecule has 1 atom stereocenters. The molecular weight excluding hydrogens is 172 g/mol. The molecule has 1 aliphatic rings. The van der Waals surface area contributed by atoms with Crippen molar-refractivity contribution in [2.24, 2.45) is 11.8 Å². The fraction of sp³-hybridized carbons (Fsp3) is 0.769. The molecule has 1 unspecified atom stereocenters. The molecule has 1 fully saturated rings. The van der Waals surface area contributed by atoms with Crippen LogP contribution >= 0.6 is 0 Å². The van der Waals surface area contributed by atoms with Crippen LogP contribution in [0.2, 0.25) is 0 Å². The van der Waals surface area contributed by atoms with Crippen molar-refractivity contribution in [3.05, 3.63) is 12.7 Å². The molecular formula is C13H22O. The molecule has 0 radical (unpaired) electrons. The van der Waals surface area contributed by atoms with Crippen molar-refractivity contribution in [2.75, 3.05) is 0 Å². The summed E-state index contributed by atoms with van der Waals surface area (Å²) in [6, 6.07) is 0. The summed E-state index contributed by atoms with van der Waals surface area (Å²) in [7, 11) is 0. The van der Waals surface area contributed by atoms with Crippen molar-refractivity contribution in [1.29, 1.82) is 0 Å². The minimum Gasteiger partial charge on any atom is -0.303 e. The lowest BCUT2D eigenvalue weighted by Crippen LogP contribution is -2.09. The number of hydrogen-bond donors (Lipinski definition) is 0. The average Bonchev–Trinajstić information content (AvgIpc) is 2.25. The van der Waals surface area contributed by atoms with Gasteiger partial charge in [-0.25, -0.2) is 0 Å². The van der Waals surface area contributed by atoms with Crippen LogP contribution in [0.4, 0.5) is 0 Å². The Morgan fingerprint density at radius 1 is 1.29 bits per heavy atom. The van der Waals surface area contributed by atoms with Gasteiger partial charge in [-0.2, -0.15) is 0 Å². The Morgan fingerprint density at radius 2 is 2.00 bits per heavy atom. The summed E-state index contributed by atoms with van der Waals surface area (Å²) < 4.78 is 0. The van der Waals surface area contributed by atoms with Gasteiger partial charge in [0, 0.05) is 5.92 Å². The molecule has 1 heteroatoms. The Balaban J connectivity index is 2.16. The third-order valence-electron chi connectivity index (χ3n) is 3.33. The van der Waals surface area contributed by atoms with Crippen molar-refractivity contribution >= 4 is 6.29 Å². The van der Waals surface area contributed by atoms with Crippen molar-refractivity contribution < 1.29 is 4.79 Å². The smallest absolute Gasteiger partial charge is 0.123 e. The van der Waals surface area contributed by atoms with Crippen molar-refractivity contribution in [3.8, 4) is 0 Å². The van der Waals surface area contributed by atoms with Crippen molar-refractivity contribution in [2.45, 2.75) is 51.4 Å². The highest BCUT2D eigenvalue weighted by atomic mass is 16.1. The highest BCUT2D eigenvalue weighted by Gasteiger charge is 2.15. The van der Waals surface area contributed by atoms with E-state index in [4.69, 9.17) is 0 Å². The Morgan fingerprint density at radius 3 is 2.57 bits per heavy atom. The predicted molar refractivity (Wildman–Crippen MR) is 60.2 cm³/mol. The van der Waals surface area contributed by atoms with Gasteiger partial charge in [0.2, 0.25) is 0 Å². The van der Waals surface area contributed by atoms with Crippen LogP contribution in [0.25, 0.3) is 0 Å². The first kappa shape index (κ1) is 11.5. The third-order valence-corrected chi connectivity index (χ3v) is 3.33. The Labute approximate surface area is 87.6 Å². The molecule has 0 amide bonds. The minimum atomic E-state index is 0.231. The van der Waals surface area contributed by atoms with Crippen molar-refractivity contribution in [1.82, 2.24) is 0 Å². The molecule has 1 nitrogen and oxygen atoms in total. The average molecular weight is 194 g/mol. The van der Waals surface area contributed by atoms with Gasteiger partial charge in [-0.05, 0) is 25.2 Å². The highest BCUT2D eigenvalue weighted by molar-refractivity contribution is 5.53. The van der Waals surface area contributed by atoms with Crippen LogP contribution in [0.5, 0.6) is 0 Å². The van der Waals surface area contributed by atoms with Gasteiger partial charge in [0.25, 0.3) is 0 Å². The maximum Gasteiger partial charge on any atom is 0.123 e. The zero-order valence-corrected chi connectivity index (χ0v) is 9.08. The fourth-order valence-corrected chi connectivity index (χ4v) is 2.38. The number of carbonyl (C=O) groups excluding carboxylic acids is 1. The van der Waals surface area contributed by atoms with Crippen LogP contribution in [-0.2, 0) is 4.79 Å². The van der Waals surface area contributed by atoms with Crippen LogP contribution in [-0.4, -0.2) is 6.29 Å². The summed E-state index contributed by atoms with van der Waals surface area (Å²) in [4.78, 5) is 10.7. The van der Waals surface area contributed by atoms with E-state index in [-0.39, 0.29) is 5.92 Å². The van der Waals surface area contributed by atoms with Crippen LogP contribution in [0.1, 0.15) is 51.4 Å². The van der Waals surface area contributed by atoms with Crippen LogP contribution in [0.15, 0.2) is 12.7 Å². The summed E-state index contributed by atoms with van der Waals surface area (Å²) in [5.41, 5.74) is 0. The fourth-order valence-electron chi connectivity index (χ4n) is 2.38. The Hall–Kier alpha value is -0.590. The summed E-state index contributed by atoms with van der Waals surface area (Å²) in [5, 5.41) is 0. The quantitative estimate of drug-likeness (QED) is 0.465. The molecule has 0 aliphatic heterocycles. The number of aldehydes is 1. The molecule has 0 spiro atoms. The maximum atomic E-state index is 10.7. The van der Waals surface area contributed by atoms with E-state index in [9.17, 15) is 4.79 Å². The first-order valence-electron chi connectivity index (χ1n) is 5.93. The second kappa shape index (κ2) is 6.80. The lowest BCUT2D eigenvalue weighted by atomic mass is 9.84. The zero-order chi connectivity index (χ0) is 10.2. The first-order valence-corrected chi connectivity index (χ1v) is 5.93. The molecule has 0 heterocycles. The van der Waals surface area contributed by atoms with Crippen molar-refractivity contribution in [3.63, 3.8) is 0 Å². The van der Waals surface area contributed by atoms with E-state index < -0.39 is 0 Å². The molecule has 1 saturated carbocycles. The van der Waals surface area contributed by atoms with Crippen LogP contribution in [0, 0.1) is 11.8 Å². The molecule has 1 aliphatic carbocycles. The SMILES string of the molecule is C=CCC(C=O)CCC1CCCCC1. The van der Waals surface area contributed by atoms with Gasteiger partial charge in [-0.3, -0.25) is 0 Å². The van der Waals surface area contributed by atoms with Gasteiger partial charge in [0.1, 0.15) is 6.29 Å². The summed E-state index contributed by atoms with van der Waals surface area (Å²) in [5.74, 6) is 1.13. The maximum absolute atomic E-state index is 10.7. The highest BCUT2D eigenvalue weighted by Crippen LogP contribution is 2.28. The summed E-state index contributed by atoms with van der Waals surface area (Å²) >= 11 is 0. The van der Waals surface area contributed by atoms with Gasteiger partial charge < -0.3 is 4.79 Å². The molecule has 0 aromatic carbocycles. The Bertz CT molecular complexity index is 168. The number of hydrogen-bond acceptors (Lipinski definition) is 1. The molecule has 0 bridgehead atoms. The zero-order valence-electron chi connectivity index (χ0n) is 9.08. The van der Waals surface area contributed by atoms with Gasteiger partial charge in [-0.15, -0.1) is 6.58 Å². The standard InChI is InChI=1S/C13H22O/c1-2-6-13(11-14)10-9-12-7-4-3-5-8-12/h2,11-13H,1,3-10H2. The molecule has 0 aromatic rings. The molecule has 14 heavy (non-hydrogen) atoms. The van der Waals surface area contributed by atoms with Gasteiger partial charge >= 0.3 is 0 Å². The van der Waals surface area contributed by atoms with Crippen LogP contribution < -0.4 is 0 Å². The second-order valence-corrected chi connectivity index (χ2v) is 4.50. The third kappa shape index (κ3) is 4.08. The van der Waals surface area contributed by atoms with E-state index >= 15 is 0 Å². The minimum absolute atomic E-state index is 0.231. The Kier molecular flexibility index (Phi) is 5.58. The van der Waals surface area contributed by atoms with Crippen LogP contribution in [0.3, 0.4) is 0 Å². The predicted octanol–water partition coefficient (Wildman–Crippen LogP) is 3.74. The van der Waals surface area contributed by atoms with Gasteiger partial charge in [-0.1, -0.05) is 38.2 Å². The lowest BCUT2D eigenvalue weighted by Gasteiger charge is -2.22. The monoisotopic (exact) mass is 194 g/mol. The topological polar surface area (TPSA) is 17.1 Å². The largest absolute Gasteiger partial charge is 0.303 e. The number of rotatable bonds is 6. The molecule has 0 N–H and O–H groups in total. The van der Waals surface area contributed by atoms with E-state index in [0.717, 1.165) is 25.0 Å². The van der Waals surface area contributed by atoms with E-state index in [1.807, 2.05) is 6.08 Å². The molecule has 80 valence electrons. The van der Waals surface area contributed by atoms with E-state index in [2.05, 4.69) is 6.58 Å². The van der Waals surface area contributed by atoms with E-state index in [1.54, 1.807) is 0 Å². The molecule has 0 saturated heterocycles. The second-order valence-electron chi connectivity index (χ2n) is 4.50. The normalized spacial score (nSPS) is 20.3.